The lowest BCUT2D eigenvalue weighted by Crippen LogP contribution is -2.46. The van der Waals surface area contributed by atoms with E-state index < -0.39 is 0 Å². The number of hydrogen-bond donors (Lipinski definition) is 0. The summed E-state index contributed by atoms with van der Waals surface area (Å²) in [5, 5.41) is 4.50. The highest BCUT2D eigenvalue weighted by atomic mass is 15.2. The Morgan fingerprint density at radius 3 is 2.92 bits per heavy atom. The molecule has 12 heavy (non-hydrogen) atoms. The molecule has 0 aliphatic carbocycles. The first-order valence-electron chi connectivity index (χ1n) is 4.47. The smallest absolute Gasteiger partial charge is 0.0408 e. The molecule has 2 heteroatoms. The van der Waals surface area contributed by atoms with E-state index >= 15 is 0 Å². The Morgan fingerprint density at radius 1 is 1.42 bits per heavy atom. The Kier molecular flexibility index (Phi) is 4.05. The van der Waals surface area contributed by atoms with Crippen molar-refractivity contribution in [3.63, 3.8) is 0 Å². The largest absolute Gasteiger partial charge is 0.297 e. The normalized spacial score (nSPS) is 25.2. The van der Waals surface area contributed by atoms with E-state index in [1.54, 1.807) is 0 Å². The summed E-state index contributed by atoms with van der Waals surface area (Å²) in [4.78, 5) is 2.38. The average molecular weight is 165 g/mol. The van der Waals surface area contributed by atoms with E-state index in [4.69, 9.17) is 0 Å². The van der Waals surface area contributed by atoms with Gasteiger partial charge in [-0.05, 0) is 6.42 Å². The molecule has 67 valence electrons. The maximum Gasteiger partial charge on any atom is 0.0408 e. The molecule has 0 bridgehead atoms. The van der Waals surface area contributed by atoms with Gasteiger partial charge >= 0.3 is 0 Å². The summed E-state index contributed by atoms with van der Waals surface area (Å²) in [5.74, 6) is 0. The van der Waals surface area contributed by atoms with Gasteiger partial charge in [0.25, 0.3) is 0 Å². The van der Waals surface area contributed by atoms with Crippen molar-refractivity contribution in [1.29, 1.82) is 0 Å². The third-order valence-electron chi connectivity index (χ3n) is 2.10. The van der Waals surface area contributed by atoms with E-state index in [1.807, 2.05) is 12.2 Å². The predicted octanol–water partition coefficient (Wildman–Crippen LogP) is 1.04. The van der Waals surface area contributed by atoms with Crippen molar-refractivity contribution in [1.82, 2.24) is 10.2 Å². The second-order valence-electron chi connectivity index (χ2n) is 3.13. The fraction of sp³-hybridized carbons (Fsp3) is 0.600. The van der Waals surface area contributed by atoms with Crippen molar-refractivity contribution in [3.05, 3.63) is 25.3 Å². The van der Waals surface area contributed by atoms with Crippen molar-refractivity contribution in [2.24, 2.45) is 0 Å². The van der Waals surface area contributed by atoms with Crippen molar-refractivity contribution < 1.29 is 0 Å². The second-order valence-corrected chi connectivity index (χ2v) is 3.13. The molecule has 1 atom stereocenters. The molecule has 1 aliphatic rings. The Bertz CT molecular complexity index is 138. The maximum absolute atomic E-state index is 4.50. The minimum absolute atomic E-state index is 0.469. The molecule has 0 aromatic heterocycles. The van der Waals surface area contributed by atoms with Crippen LogP contribution in [0.15, 0.2) is 25.3 Å². The van der Waals surface area contributed by atoms with Gasteiger partial charge in [-0.25, -0.2) is 5.32 Å². The lowest BCUT2D eigenvalue weighted by molar-refractivity contribution is 0.215. The zero-order chi connectivity index (χ0) is 8.81. The van der Waals surface area contributed by atoms with Gasteiger partial charge in [0, 0.05) is 32.2 Å². The van der Waals surface area contributed by atoms with Crippen molar-refractivity contribution in [3.8, 4) is 0 Å². The molecule has 0 aromatic carbocycles. The molecule has 1 fully saturated rings. The van der Waals surface area contributed by atoms with E-state index in [9.17, 15) is 0 Å². The first-order valence-corrected chi connectivity index (χ1v) is 4.47. The molecular formula is C10H17N2. The molecule has 1 radical (unpaired) electrons. The molecule has 2 nitrogen and oxygen atoms in total. The highest BCUT2D eigenvalue weighted by molar-refractivity contribution is 4.86. The van der Waals surface area contributed by atoms with E-state index in [2.05, 4.69) is 23.4 Å². The first-order chi connectivity index (χ1) is 5.86. The third kappa shape index (κ3) is 2.80. The first kappa shape index (κ1) is 9.49. The van der Waals surface area contributed by atoms with Gasteiger partial charge in [0.2, 0.25) is 0 Å². The van der Waals surface area contributed by atoms with Gasteiger partial charge in [-0.1, -0.05) is 12.2 Å². The van der Waals surface area contributed by atoms with Crippen LogP contribution < -0.4 is 5.32 Å². The number of hydrogen-bond acceptors (Lipinski definition) is 1. The van der Waals surface area contributed by atoms with E-state index in [1.165, 1.54) is 0 Å². The fourth-order valence-electron chi connectivity index (χ4n) is 1.52. The lowest BCUT2D eigenvalue weighted by atomic mass is 10.1. The zero-order valence-electron chi connectivity index (χ0n) is 7.58. The Labute approximate surface area is 74.9 Å². The van der Waals surface area contributed by atoms with Gasteiger partial charge in [0.15, 0.2) is 0 Å². The van der Waals surface area contributed by atoms with Crippen molar-refractivity contribution in [2.45, 2.75) is 12.5 Å². The summed E-state index contributed by atoms with van der Waals surface area (Å²) in [6, 6.07) is 0.469. The van der Waals surface area contributed by atoms with Crippen LogP contribution in [0.2, 0.25) is 0 Å². The van der Waals surface area contributed by atoms with E-state index in [0.717, 1.165) is 32.6 Å². The topological polar surface area (TPSA) is 17.3 Å². The van der Waals surface area contributed by atoms with Crippen LogP contribution in [0.1, 0.15) is 6.42 Å². The number of rotatable bonds is 4. The highest BCUT2D eigenvalue weighted by Gasteiger charge is 2.17. The number of piperazine rings is 1. The summed E-state index contributed by atoms with van der Waals surface area (Å²) in [5.41, 5.74) is 0. The summed E-state index contributed by atoms with van der Waals surface area (Å²) >= 11 is 0. The molecule has 0 N–H and O–H groups in total. The molecule has 1 aliphatic heterocycles. The van der Waals surface area contributed by atoms with Crippen molar-refractivity contribution >= 4 is 0 Å². The lowest BCUT2D eigenvalue weighted by Gasteiger charge is -2.31. The van der Waals surface area contributed by atoms with E-state index in [0.29, 0.717) is 6.04 Å². The predicted molar refractivity (Wildman–Crippen MR) is 52.2 cm³/mol. The summed E-state index contributed by atoms with van der Waals surface area (Å²) < 4.78 is 0. The summed E-state index contributed by atoms with van der Waals surface area (Å²) in [6.07, 6.45) is 4.91. The zero-order valence-corrected chi connectivity index (χ0v) is 7.58. The molecule has 0 amide bonds. The van der Waals surface area contributed by atoms with Gasteiger partial charge in [0.05, 0.1) is 0 Å². The van der Waals surface area contributed by atoms with Crippen molar-refractivity contribution in [2.75, 3.05) is 26.2 Å². The second kappa shape index (κ2) is 5.12. The molecule has 1 unspecified atom stereocenters. The van der Waals surface area contributed by atoms with Crippen LogP contribution in [0.25, 0.3) is 0 Å². The summed E-state index contributed by atoms with van der Waals surface area (Å²) in [6.45, 7) is 11.6. The molecule has 0 saturated carbocycles. The van der Waals surface area contributed by atoms with Gasteiger partial charge in [-0.3, -0.25) is 4.90 Å². The SMILES string of the molecule is C=CCC1CN(CC=C)CC[N]1. The highest BCUT2D eigenvalue weighted by Crippen LogP contribution is 2.04. The Balaban J connectivity index is 2.29. The molecule has 1 saturated heterocycles. The molecule has 1 heterocycles. The van der Waals surface area contributed by atoms with Crippen LogP contribution in [0.5, 0.6) is 0 Å². The quantitative estimate of drug-likeness (QED) is 0.569. The van der Waals surface area contributed by atoms with Gasteiger partial charge in [0.1, 0.15) is 0 Å². The minimum atomic E-state index is 0.469. The van der Waals surface area contributed by atoms with E-state index in [-0.39, 0.29) is 0 Å². The van der Waals surface area contributed by atoms with Gasteiger partial charge < -0.3 is 0 Å². The van der Waals surface area contributed by atoms with Crippen LogP contribution in [-0.2, 0) is 0 Å². The monoisotopic (exact) mass is 165 g/mol. The standard InChI is InChI=1S/C10H17N2/c1-3-5-10-9-12(7-4-2)8-6-11-10/h3-4,10H,1-2,5-9H2. The number of nitrogens with zero attached hydrogens (tertiary/aromatic N) is 2. The Hall–Kier alpha value is -0.600. The van der Waals surface area contributed by atoms with Gasteiger partial charge in [-0.2, -0.15) is 0 Å². The molecular weight excluding hydrogens is 148 g/mol. The fourth-order valence-corrected chi connectivity index (χ4v) is 1.52. The summed E-state index contributed by atoms with van der Waals surface area (Å²) in [7, 11) is 0. The molecule has 0 aromatic rings. The van der Waals surface area contributed by atoms with Crippen LogP contribution in [-0.4, -0.2) is 37.1 Å². The van der Waals surface area contributed by atoms with Gasteiger partial charge in [-0.15, -0.1) is 13.2 Å². The third-order valence-corrected chi connectivity index (χ3v) is 2.10. The van der Waals surface area contributed by atoms with Crippen LogP contribution in [0.4, 0.5) is 0 Å². The average Bonchev–Trinajstić information content (AvgIpc) is 2.06. The maximum atomic E-state index is 4.50. The molecule has 1 rings (SSSR count). The van der Waals surface area contributed by atoms with Crippen LogP contribution >= 0.6 is 0 Å². The minimum Gasteiger partial charge on any atom is -0.297 e. The van der Waals surface area contributed by atoms with Crippen LogP contribution in [0, 0.1) is 0 Å². The van der Waals surface area contributed by atoms with Crippen LogP contribution in [0.3, 0.4) is 0 Å². The Morgan fingerprint density at radius 2 is 2.25 bits per heavy atom. The molecule has 0 spiro atoms.